The Morgan fingerprint density at radius 3 is 2.62 bits per heavy atom. The number of hydrogen-bond acceptors (Lipinski definition) is 2. The molecule has 1 N–H and O–H groups in total. The van der Waals surface area contributed by atoms with Gasteiger partial charge >= 0.3 is 0 Å². The second-order valence-electron chi connectivity index (χ2n) is 6.21. The summed E-state index contributed by atoms with van der Waals surface area (Å²) in [5.74, 6) is 0.688. The van der Waals surface area contributed by atoms with Crippen molar-refractivity contribution in [3.63, 3.8) is 0 Å². The Kier molecular flexibility index (Phi) is 8.23. The Balaban J connectivity index is 2.62. The lowest BCUT2D eigenvalue weighted by Gasteiger charge is -2.21. The van der Waals surface area contributed by atoms with E-state index in [-0.39, 0.29) is 0 Å². The first-order valence-corrected chi connectivity index (χ1v) is 8.56. The molecule has 0 aliphatic carbocycles. The summed E-state index contributed by atoms with van der Waals surface area (Å²) in [7, 11) is 0. The van der Waals surface area contributed by atoms with Crippen molar-refractivity contribution in [2.24, 2.45) is 5.92 Å². The molecule has 1 aromatic rings. The molecule has 0 radical (unpaired) electrons. The van der Waals surface area contributed by atoms with Crippen LogP contribution in [0.3, 0.4) is 0 Å². The number of benzene rings is 1. The van der Waals surface area contributed by atoms with Crippen LogP contribution < -0.4 is 5.32 Å². The van der Waals surface area contributed by atoms with E-state index < -0.39 is 0 Å². The first-order chi connectivity index (χ1) is 9.92. The van der Waals surface area contributed by atoms with Gasteiger partial charge in [-0.2, -0.15) is 0 Å². The maximum atomic E-state index is 4.01. The molecule has 3 heteroatoms. The van der Waals surface area contributed by atoms with Crippen molar-refractivity contribution < 1.29 is 0 Å². The van der Waals surface area contributed by atoms with E-state index in [0.717, 1.165) is 32.7 Å². The summed E-state index contributed by atoms with van der Waals surface area (Å²) in [6, 6.07) is 6.69. The van der Waals surface area contributed by atoms with E-state index in [2.05, 4.69) is 78.6 Å². The second-order valence-corrected chi connectivity index (χ2v) is 7.07. The van der Waals surface area contributed by atoms with Gasteiger partial charge in [-0.05, 0) is 43.1 Å². The Hall–Kier alpha value is -0.640. The summed E-state index contributed by atoms with van der Waals surface area (Å²) in [5.41, 5.74) is 3.88. The van der Waals surface area contributed by atoms with E-state index in [0.29, 0.717) is 5.92 Å². The van der Waals surface area contributed by atoms with E-state index in [9.17, 15) is 0 Å². The lowest BCUT2D eigenvalue weighted by atomic mass is 10.1. The van der Waals surface area contributed by atoms with E-state index in [1.807, 2.05) is 0 Å². The first kappa shape index (κ1) is 18.4. The molecule has 2 nitrogen and oxygen atoms in total. The molecule has 1 rings (SSSR count). The average Bonchev–Trinajstić information content (AvgIpc) is 2.39. The monoisotopic (exact) mass is 352 g/mol. The van der Waals surface area contributed by atoms with Crippen LogP contribution in [0.4, 0.5) is 0 Å². The van der Waals surface area contributed by atoms with Crippen LogP contribution in [-0.2, 0) is 13.1 Å². The molecular weight excluding hydrogens is 324 g/mol. The highest BCUT2D eigenvalue weighted by molar-refractivity contribution is 9.10. The van der Waals surface area contributed by atoms with Gasteiger partial charge in [-0.3, -0.25) is 4.90 Å². The molecule has 0 fully saturated rings. The van der Waals surface area contributed by atoms with Gasteiger partial charge in [0.1, 0.15) is 0 Å². The maximum Gasteiger partial charge on any atom is 0.0248 e. The minimum absolute atomic E-state index is 0.688. The third-order valence-corrected chi connectivity index (χ3v) is 4.07. The fourth-order valence-corrected chi connectivity index (χ4v) is 2.79. The molecule has 118 valence electrons. The quantitative estimate of drug-likeness (QED) is 0.653. The van der Waals surface area contributed by atoms with Crippen LogP contribution in [-0.4, -0.2) is 24.5 Å². The zero-order chi connectivity index (χ0) is 15.8. The van der Waals surface area contributed by atoms with Gasteiger partial charge in [0.25, 0.3) is 0 Å². The van der Waals surface area contributed by atoms with E-state index in [1.165, 1.54) is 21.2 Å². The van der Waals surface area contributed by atoms with Crippen LogP contribution in [0.15, 0.2) is 34.8 Å². The molecule has 0 atom stereocenters. The Morgan fingerprint density at radius 2 is 2.10 bits per heavy atom. The van der Waals surface area contributed by atoms with E-state index >= 15 is 0 Å². The molecule has 0 aliphatic rings. The molecule has 0 bridgehead atoms. The molecule has 0 saturated heterocycles. The van der Waals surface area contributed by atoms with Crippen molar-refractivity contribution in [2.75, 3.05) is 19.6 Å². The van der Waals surface area contributed by atoms with Gasteiger partial charge in [-0.15, -0.1) is 0 Å². The number of likely N-dealkylation sites (N-methyl/N-ethyl adjacent to an activating group) is 1. The van der Waals surface area contributed by atoms with Crippen molar-refractivity contribution in [3.8, 4) is 0 Å². The molecule has 0 unspecified atom stereocenters. The molecule has 0 aromatic heterocycles. The third kappa shape index (κ3) is 7.25. The second kappa shape index (κ2) is 9.39. The zero-order valence-electron chi connectivity index (χ0n) is 13.9. The van der Waals surface area contributed by atoms with Gasteiger partial charge in [-0.25, -0.2) is 0 Å². The predicted octanol–water partition coefficient (Wildman–Crippen LogP) is 4.59. The molecule has 0 spiro atoms. The molecular formula is C18H29BrN2. The smallest absolute Gasteiger partial charge is 0.0248 e. The van der Waals surface area contributed by atoms with Gasteiger partial charge < -0.3 is 5.32 Å². The van der Waals surface area contributed by atoms with Crippen molar-refractivity contribution in [3.05, 3.63) is 46.0 Å². The lowest BCUT2D eigenvalue weighted by molar-refractivity contribution is 0.304. The van der Waals surface area contributed by atoms with Crippen molar-refractivity contribution >= 4 is 15.9 Å². The van der Waals surface area contributed by atoms with Crippen LogP contribution in [0, 0.1) is 5.92 Å². The van der Waals surface area contributed by atoms with E-state index in [1.54, 1.807) is 0 Å². The summed E-state index contributed by atoms with van der Waals surface area (Å²) in [6.07, 6.45) is 0. The number of nitrogens with one attached hydrogen (secondary N) is 1. The summed E-state index contributed by atoms with van der Waals surface area (Å²) in [6.45, 7) is 17.7. The highest BCUT2D eigenvalue weighted by Gasteiger charge is 2.07. The molecule has 0 heterocycles. The van der Waals surface area contributed by atoms with Crippen LogP contribution in [0.5, 0.6) is 0 Å². The number of hydrogen-bond donors (Lipinski definition) is 1. The summed E-state index contributed by atoms with van der Waals surface area (Å²) < 4.78 is 1.20. The Bertz CT molecular complexity index is 455. The van der Waals surface area contributed by atoms with Gasteiger partial charge in [0.15, 0.2) is 0 Å². The molecule has 0 amide bonds. The third-order valence-electron chi connectivity index (χ3n) is 3.33. The molecule has 21 heavy (non-hydrogen) atoms. The Labute approximate surface area is 138 Å². The normalized spacial score (nSPS) is 11.4. The van der Waals surface area contributed by atoms with Gasteiger partial charge in [0.05, 0.1) is 0 Å². The SMILES string of the molecule is C=C(C)CN(CC)Cc1ccc(CNCC(C)C)cc1Br. The van der Waals surface area contributed by atoms with Crippen molar-refractivity contribution in [1.82, 2.24) is 10.2 Å². The van der Waals surface area contributed by atoms with Gasteiger partial charge in [0, 0.05) is 24.1 Å². The minimum atomic E-state index is 0.688. The van der Waals surface area contributed by atoms with Crippen LogP contribution in [0.1, 0.15) is 38.8 Å². The van der Waals surface area contributed by atoms with Crippen LogP contribution in [0.2, 0.25) is 0 Å². The summed E-state index contributed by atoms with van der Waals surface area (Å²) in [4.78, 5) is 2.40. The number of halogens is 1. The molecule has 1 aromatic carbocycles. The Morgan fingerprint density at radius 1 is 1.38 bits per heavy atom. The fraction of sp³-hybridized carbons (Fsp3) is 0.556. The number of rotatable bonds is 9. The van der Waals surface area contributed by atoms with Crippen LogP contribution in [0.25, 0.3) is 0 Å². The maximum absolute atomic E-state index is 4.01. The fourth-order valence-electron chi connectivity index (χ4n) is 2.24. The lowest BCUT2D eigenvalue weighted by Crippen LogP contribution is -2.24. The average molecular weight is 353 g/mol. The predicted molar refractivity (Wildman–Crippen MR) is 96.5 cm³/mol. The largest absolute Gasteiger partial charge is 0.312 e. The number of nitrogens with zero attached hydrogens (tertiary/aromatic N) is 1. The van der Waals surface area contributed by atoms with Crippen molar-refractivity contribution in [1.29, 1.82) is 0 Å². The van der Waals surface area contributed by atoms with E-state index in [4.69, 9.17) is 0 Å². The highest BCUT2D eigenvalue weighted by Crippen LogP contribution is 2.20. The minimum Gasteiger partial charge on any atom is -0.312 e. The molecule has 0 aliphatic heterocycles. The standard InChI is InChI=1S/C18H29BrN2/c1-6-21(12-15(4)5)13-17-8-7-16(9-18(17)19)11-20-10-14(2)3/h7-9,14,20H,4,6,10-13H2,1-3,5H3. The summed E-state index contributed by atoms with van der Waals surface area (Å²) in [5, 5.41) is 3.48. The van der Waals surface area contributed by atoms with Crippen molar-refractivity contribution in [2.45, 2.75) is 40.8 Å². The topological polar surface area (TPSA) is 15.3 Å². The molecule has 0 saturated carbocycles. The van der Waals surface area contributed by atoms with Crippen LogP contribution >= 0.6 is 15.9 Å². The highest BCUT2D eigenvalue weighted by atomic mass is 79.9. The zero-order valence-corrected chi connectivity index (χ0v) is 15.5. The van der Waals surface area contributed by atoms with Gasteiger partial charge in [0.2, 0.25) is 0 Å². The summed E-state index contributed by atoms with van der Waals surface area (Å²) >= 11 is 3.72. The first-order valence-electron chi connectivity index (χ1n) is 7.77. The van der Waals surface area contributed by atoms with Gasteiger partial charge in [-0.1, -0.05) is 61.0 Å².